The molecule has 0 spiro atoms. The number of pyridine rings is 1. The van der Waals surface area contributed by atoms with Gasteiger partial charge < -0.3 is 9.30 Å². The summed E-state index contributed by atoms with van der Waals surface area (Å²) in [7, 11) is 0. The number of nitrogens with zero attached hydrogens (tertiary/aromatic N) is 5. The third kappa shape index (κ3) is 2.40. The third-order valence-electron chi connectivity index (χ3n) is 4.84. The fraction of sp³-hybridized carbons (Fsp3) is 0.263. The van der Waals surface area contributed by atoms with Crippen molar-refractivity contribution in [2.45, 2.75) is 25.5 Å². The van der Waals surface area contributed by atoms with E-state index in [9.17, 15) is 4.79 Å². The molecule has 3 aromatic heterocycles. The number of aromatic nitrogens is 5. The van der Waals surface area contributed by atoms with Crippen LogP contribution in [-0.4, -0.2) is 37.1 Å². The van der Waals surface area contributed by atoms with Crippen molar-refractivity contribution in [1.82, 2.24) is 24.4 Å². The lowest BCUT2D eigenvalue weighted by molar-refractivity contribution is 0.0963. The van der Waals surface area contributed by atoms with Crippen molar-refractivity contribution in [3.05, 3.63) is 59.1 Å². The summed E-state index contributed by atoms with van der Waals surface area (Å²) < 4.78 is 8.97. The summed E-state index contributed by atoms with van der Waals surface area (Å²) in [4.78, 5) is 12.8. The van der Waals surface area contributed by atoms with Crippen LogP contribution < -0.4 is 5.56 Å². The highest BCUT2D eigenvalue weighted by Crippen LogP contribution is 2.24. The molecule has 1 unspecified atom stereocenters. The predicted molar refractivity (Wildman–Crippen MR) is 97.0 cm³/mol. The number of benzene rings is 1. The number of hydrogen-bond acceptors (Lipinski definition) is 5. The molecule has 7 heteroatoms. The van der Waals surface area contributed by atoms with E-state index in [-0.39, 0.29) is 11.7 Å². The minimum absolute atomic E-state index is 0.0937. The van der Waals surface area contributed by atoms with E-state index in [4.69, 9.17) is 4.74 Å². The smallest absolute Gasteiger partial charge is 0.280 e. The van der Waals surface area contributed by atoms with Gasteiger partial charge in [-0.1, -0.05) is 30.3 Å². The Hall–Kier alpha value is -3.06. The minimum Gasteiger partial charge on any atom is -0.376 e. The summed E-state index contributed by atoms with van der Waals surface area (Å²) in [5, 5.41) is 12.9. The summed E-state index contributed by atoms with van der Waals surface area (Å²) in [6.07, 6.45) is 5.67. The van der Waals surface area contributed by atoms with Gasteiger partial charge in [0.1, 0.15) is 5.52 Å². The highest BCUT2D eigenvalue weighted by atomic mass is 16.5. The topological polar surface area (TPSA) is 74.3 Å². The first-order valence-electron chi connectivity index (χ1n) is 8.72. The lowest BCUT2D eigenvalue weighted by Crippen LogP contribution is -2.27. The van der Waals surface area contributed by atoms with Gasteiger partial charge in [-0.25, -0.2) is 4.52 Å². The van der Waals surface area contributed by atoms with Crippen LogP contribution in [-0.2, 0) is 11.3 Å². The molecule has 0 N–H and O–H groups in total. The molecule has 0 bridgehead atoms. The lowest BCUT2D eigenvalue weighted by Gasteiger charge is -2.12. The van der Waals surface area contributed by atoms with Crippen molar-refractivity contribution in [2.75, 3.05) is 6.61 Å². The van der Waals surface area contributed by atoms with Crippen LogP contribution >= 0.6 is 0 Å². The predicted octanol–water partition coefficient (Wildman–Crippen LogP) is 2.29. The molecule has 4 aromatic rings. The molecule has 26 heavy (non-hydrogen) atoms. The zero-order valence-corrected chi connectivity index (χ0v) is 14.1. The van der Waals surface area contributed by atoms with E-state index >= 15 is 0 Å². The standard InChI is InChI=1S/C19H17N5O2/c25-19-17-16(8-9-23(19)12-14-7-4-10-26-14)24-18(22-21-17)15(11-20-24)13-5-2-1-3-6-13/h1-3,5-6,8-9,11,14H,4,7,10,12H2. The molecular formula is C19H17N5O2. The Balaban J connectivity index is 1.64. The Bertz CT molecular complexity index is 1140. The molecule has 4 heterocycles. The van der Waals surface area contributed by atoms with Crippen molar-refractivity contribution >= 4 is 16.7 Å². The maximum absolute atomic E-state index is 12.8. The van der Waals surface area contributed by atoms with Gasteiger partial charge in [0, 0.05) is 18.4 Å². The van der Waals surface area contributed by atoms with Crippen molar-refractivity contribution < 1.29 is 4.74 Å². The summed E-state index contributed by atoms with van der Waals surface area (Å²) in [6.45, 7) is 1.31. The molecule has 0 saturated carbocycles. The first-order chi connectivity index (χ1) is 12.8. The summed E-state index contributed by atoms with van der Waals surface area (Å²) in [6, 6.07) is 11.8. The zero-order chi connectivity index (χ0) is 17.5. The molecule has 0 radical (unpaired) electrons. The van der Waals surface area contributed by atoms with Gasteiger partial charge in [0.2, 0.25) is 0 Å². The number of fused-ring (bicyclic) bond motifs is 3. The summed E-state index contributed by atoms with van der Waals surface area (Å²) >= 11 is 0. The third-order valence-corrected chi connectivity index (χ3v) is 4.84. The minimum atomic E-state index is -0.163. The van der Waals surface area contributed by atoms with Crippen LogP contribution in [0.2, 0.25) is 0 Å². The van der Waals surface area contributed by atoms with E-state index < -0.39 is 0 Å². The van der Waals surface area contributed by atoms with E-state index in [1.54, 1.807) is 21.5 Å². The van der Waals surface area contributed by atoms with Crippen molar-refractivity contribution in [3.63, 3.8) is 0 Å². The highest BCUT2D eigenvalue weighted by Gasteiger charge is 2.18. The van der Waals surface area contributed by atoms with E-state index in [2.05, 4.69) is 15.3 Å². The highest BCUT2D eigenvalue weighted by molar-refractivity contribution is 5.82. The molecule has 1 saturated heterocycles. The van der Waals surface area contributed by atoms with Gasteiger partial charge in [0.05, 0.1) is 18.8 Å². The molecule has 130 valence electrons. The van der Waals surface area contributed by atoms with E-state index in [1.807, 2.05) is 36.4 Å². The molecule has 1 aliphatic rings. The molecular weight excluding hydrogens is 330 g/mol. The molecule has 1 aliphatic heterocycles. The Kier molecular flexibility index (Phi) is 3.53. The zero-order valence-electron chi connectivity index (χ0n) is 14.1. The van der Waals surface area contributed by atoms with Gasteiger partial charge in [0.25, 0.3) is 5.56 Å². The quantitative estimate of drug-likeness (QED) is 0.568. The first kappa shape index (κ1) is 15.2. The largest absolute Gasteiger partial charge is 0.376 e. The Labute approximate surface area is 148 Å². The van der Waals surface area contributed by atoms with Crippen LogP contribution in [0.1, 0.15) is 12.8 Å². The average Bonchev–Trinajstić information content (AvgIpc) is 3.34. The van der Waals surface area contributed by atoms with Crippen LogP contribution in [0.3, 0.4) is 0 Å². The molecule has 1 fully saturated rings. The maximum atomic E-state index is 12.8. The second-order valence-corrected chi connectivity index (χ2v) is 6.50. The van der Waals surface area contributed by atoms with Crippen LogP contribution in [0.15, 0.2) is 53.6 Å². The normalized spacial score (nSPS) is 17.3. The fourth-order valence-corrected chi connectivity index (χ4v) is 3.50. The van der Waals surface area contributed by atoms with E-state index in [0.29, 0.717) is 23.2 Å². The molecule has 0 amide bonds. The van der Waals surface area contributed by atoms with Crippen LogP contribution in [0.5, 0.6) is 0 Å². The Morgan fingerprint density at radius 3 is 2.85 bits per heavy atom. The Morgan fingerprint density at radius 1 is 1.15 bits per heavy atom. The molecule has 1 atom stereocenters. The fourth-order valence-electron chi connectivity index (χ4n) is 3.50. The van der Waals surface area contributed by atoms with Gasteiger partial charge >= 0.3 is 0 Å². The van der Waals surface area contributed by atoms with Crippen molar-refractivity contribution in [2.24, 2.45) is 0 Å². The van der Waals surface area contributed by atoms with Crippen LogP contribution in [0.4, 0.5) is 0 Å². The first-order valence-corrected chi connectivity index (χ1v) is 8.72. The van der Waals surface area contributed by atoms with E-state index in [0.717, 1.165) is 30.6 Å². The van der Waals surface area contributed by atoms with Gasteiger partial charge in [0.15, 0.2) is 11.2 Å². The van der Waals surface area contributed by atoms with Crippen molar-refractivity contribution in [1.29, 1.82) is 0 Å². The second kappa shape index (κ2) is 6.03. The molecule has 5 rings (SSSR count). The monoisotopic (exact) mass is 347 g/mol. The summed E-state index contributed by atoms with van der Waals surface area (Å²) in [5.41, 5.74) is 3.36. The average molecular weight is 347 g/mol. The summed E-state index contributed by atoms with van der Waals surface area (Å²) in [5.74, 6) is 0. The lowest BCUT2D eigenvalue weighted by atomic mass is 10.1. The number of rotatable bonds is 3. The number of ether oxygens (including phenoxy) is 1. The molecule has 1 aromatic carbocycles. The van der Waals surface area contributed by atoms with Gasteiger partial charge in [-0.05, 0) is 24.5 Å². The van der Waals surface area contributed by atoms with E-state index in [1.165, 1.54) is 0 Å². The molecule has 0 aliphatic carbocycles. The van der Waals surface area contributed by atoms with Gasteiger partial charge in [-0.2, -0.15) is 5.10 Å². The van der Waals surface area contributed by atoms with Crippen LogP contribution in [0, 0.1) is 0 Å². The van der Waals surface area contributed by atoms with Crippen LogP contribution in [0.25, 0.3) is 27.8 Å². The van der Waals surface area contributed by atoms with Crippen molar-refractivity contribution in [3.8, 4) is 11.1 Å². The van der Waals surface area contributed by atoms with Gasteiger partial charge in [-0.3, -0.25) is 4.79 Å². The SMILES string of the molecule is O=c1c2nnc3c(-c4ccccc4)cnn3c2ccn1CC1CCCO1. The Morgan fingerprint density at radius 2 is 2.04 bits per heavy atom. The maximum Gasteiger partial charge on any atom is 0.280 e. The number of hydrogen-bond donors (Lipinski definition) is 0. The second-order valence-electron chi connectivity index (χ2n) is 6.50. The molecule has 7 nitrogen and oxygen atoms in total. The van der Waals surface area contributed by atoms with Gasteiger partial charge in [-0.15, -0.1) is 10.2 Å².